The van der Waals surface area contributed by atoms with Gasteiger partial charge in [0.25, 0.3) is 5.91 Å². The van der Waals surface area contributed by atoms with Gasteiger partial charge >= 0.3 is 0 Å². The molecular formula is C21H25N3O2. The maximum atomic E-state index is 12.4. The highest BCUT2D eigenvalue weighted by molar-refractivity contribution is 5.94. The summed E-state index contributed by atoms with van der Waals surface area (Å²) in [5.74, 6) is -0.101. The number of hydrogen-bond donors (Lipinski definition) is 2. The molecule has 5 heteroatoms. The summed E-state index contributed by atoms with van der Waals surface area (Å²) < 4.78 is 0. The molecule has 0 spiro atoms. The van der Waals surface area contributed by atoms with Gasteiger partial charge in [0.2, 0.25) is 5.91 Å². The maximum absolute atomic E-state index is 12.4. The Morgan fingerprint density at radius 1 is 1.04 bits per heavy atom. The van der Waals surface area contributed by atoms with Crippen molar-refractivity contribution in [1.29, 1.82) is 0 Å². The lowest BCUT2D eigenvalue weighted by Gasteiger charge is -2.17. The number of nitrogens with one attached hydrogen (secondary N) is 2. The molecule has 0 aromatic heterocycles. The first-order valence-corrected chi connectivity index (χ1v) is 9.00. The van der Waals surface area contributed by atoms with E-state index in [0.717, 1.165) is 31.6 Å². The molecule has 1 saturated heterocycles. The van der Waals surface area contributed by atoms with Crippen LogP contribution in [-0.4, -0.2) is 35.8 Å². The third-order valence-corrected chi connectivity index (χ3v) is 4.61. The Kier molecular flexibility index (Phi) is 6.02. The van der Waals surface area contributed by atoms with Crippen molar-refractivity contribution >= 4 is 11.8 Å². The Hall–Kier alpha value is -2.66. The fourth-order valence-electron chi connectivity index (χ4n) is 3.20. The van der Waals surface area contributed by atoms with E-state index < -0.39 is 0 Å². The predicted octanol–water partition coefficient (Wildman–Crippen LogP) is 2.33. The van der Waals surface area contributed by atoms with Crippen LogP contribution in [0.3, 0.4) is 0 Å². The zero-order valence-corrected chi connectivity index (χ0v) is 15.1. The van der Waals surface area contributed by atoms with Gasteiger partial charge in [-0.25, -0.2) is 0 Å². The summed E-state index contributed by atoms with van der Waals surface area (Å²) in [6, 6.07) is 18.0. The molecule has 1 heterocycles. The Labute approximate surface area is 154 Å². The molecule has 1 fully saturated rings. The minimum absolute atomic E-state index is 0.0392. The van der Waals surface area contributed by atoms with Crippen molar-refractivity contribution in [1.82, 2.24) is 15.5 Å². The molecule has 1 unspecified atom stereocenters. The van der Waals surface area contributed by atoms with E-state index in [1.165, 1.54) is 12.5 Å². The van der Waals surface area contributed by atoms with Gasteiger partial charge in [0.1, 0.15) is 0 Å². The van der Waals surface area contributed by atoms with E-state index in [4.69, 9.17) is 0 Å². The average Bonchev–Trinajstić information content (AvgIpc) is 3.08. The van der Waals surface area contributed by atoms with Gasteiger partial charge < -0.3 is 10.6 Å². The highest BCUT2D eigenvalue weighted by Gasteiger charge is 2.24. The molecule has 26 heavy (non-hydrogen) atoms. The molecule has 2 amide bonds. The van der Waals surface area contributed by atoms with E-state index in [0.29, 0.717) is 12.1 Å². The number of carbonyl (C=O) groups excluding carboxylic acids is 2. The first kappa shape index (κ1) is 18.1. The smallest absolute Gasteiger partial charge is 0.251 e. The maximum Gasteiger partial charge on any atom is 0.251 e. The van der Waals surface area contributed by atoms with Gasteiger partial charge in [0, 0.05) is 44.7 Å². The third kappa shape index (κ3) is 5.17. The number of amides is 2. The van der Waals surface area contributed by atoms with E-state index in [9.17, 15) is 9.59 Å². The summed E-state index contributed by atoms with van der Waals surface area (Å²) in [5.41, 5.74) is 2.93. The van der Waals surface area contributed by atoms with Gasteiger partial charge in [-0.05, 0) is 29.7 Å². The van der Waals surface area contributed by atoms with Gasteiger partial charge in [0.15, 0.2) is 0 Å². The molecule has 136 valence electrons. The normalized spacial score (nSPS) is 17.0. The van der Waals surface area contributed by atoms with Crippen LogP contribution in [0.1, 0.15) is 34.8 Å². The second kappa shape index (κ2) is 8.63. The molecule has 2 aromatic rings. The van der Waals surface area contributed by atoms with E-state index in [2.05, 4.69) is 39.8 Å². The number of nitrogens with zero attached hydrogens (tertiary/aromatic N) is 1. The zero-order chi connectivity index (χ0) is 18.4. The molecule has 0 bridgehead atoms. The summed E-state index contributed by atoms with van der Waals surface area (Å²) in [4.78, 5) is 25.8. The second-order valence-corrected chi connectivity index (χ2v) is 6.79. The Bertz CT molecular complexity index is 744. The number of rotatable bonds is 6. The third-order valence-electron chi connectivity index (χ3n) is 4.61. The van der Waals surface area contributed by atoms with Gasteiger partial charge in [-0.3, -0.25) is 14.5 Å². The van der Waals surface area contributed by atoms with Gasteiger partial charge in [-0.2, -0.15) is 0 Å². The number of benzene rings is 2. The monoisotopic (exact) mass is 351 g/mol. The van der Waals surface area contributed by atoms with Gasteiger partial charge in [0.05, 0.1) is 0 Å². The fraction of sp³-hybridized carbons (Fsp3) is 0.333. The zero-order valence-electron chi connectivity index (χ0n) is 15.1. The van der Waals surface area contributed by atoms with Gasteiger partial charge in [-0.1, -0.05) is 42.5 Å². The lowest BCUT2D eigenvalue weighted by atomic mass is 10.1. The fourth-order valence-corrected chi connectivity index (χ4v) is 3.20. The van der Waals surface area contributed by atoms with E-state index >= 15 is 0 Å². The molecule has 0 radical (unpaired) electrons. The molecule has 1 aliphatic rings. The summed E-state index contributed by atoms with van der Waals surface area (Å²) in [7, 11) is 0. The molecule has 2 aromatic carbocycles. The summed E-state index contributed by atoms with van der Waals surface area (Å²) in [6.45, 7) is 4.76. The van der Waals surface area contributed by atoms with Crippen molar-refractivity contribution in [2.24, 2.45) is 0 Å². The SMILES string of the molecule is CC(=O)NCc1ccc(C(=O)NC2CCN(Cc3ccccc3)C2)cc1. The van der Waals surface area contributed by atoms with Crippen LogP contribution < -0.4 is 10.6 Å². The van der Waals surface area contributed by atoms with Crippen LogP contribution in [0, 0.1) is 0 Å². The van der Waals surface area contributed by atoms with Crippen LogP contribution in [0.2, 0.25) is 0 Å². The minimum atomic E-state index is -0.0619. The first-order chi connectivity index (χ1) is 12.6. The van der Waals surface area contributed by atoms with Crippen LogP contribution in [-0.2, 0) is 17.9 Å². The van der Waals surface area contributed by atoms with Crippen molar-refractivity contribution in [3.8, 4) is 0 Å². The number of carbonyl (C=O) groups is 2. The Morgan fingerprint density at radius 3 is 2.46 bits per heavy atom. The highest BCUT2D eigenvalue weighted by Crippen LogP contribution is 2.14. The summed E-state index contributed by atoms with van der Waals surface area (Å²) in [5, 5.41) is 5.88. The first-order valence-electron chi connectivity index (χ1n) is 9.00. The Morgan fingerprint density at radius 2 is 1.77 bits per heavy atom. The van der Waals surface area contributed by atoms with Crippen molar-refractivity contribution in [2.75, 3.05) is 13.1 Å². The van der Waals surface area contributed by atoms with E-state index in [-0.39, 0.29) is 17.9 Å². The van der Waals surface area contributed by atoms with Crippen LogP contribution in [0.4, 0.5) is 0 Å². The van der Waals surface area contributed by atoms with Crippen LogP contribution in [0.5, 0.6) is 0 Å². The van der Waals surface area contributed by atoms with Crippen molar-refractivity contribution in [3.63, 3.8) is 0 Å². The van der Waals surface area contributed by atoms with Crippen LogP contribution in [0.25, 0.3) is 0 Å². The molecule has 0 saturated carbocycles. The summed E-state index contributed by atoms with van der Waals surface area (Å²) >= 11 is 0. The van der Waals surface area contributed by atoms with Gasteiger partial charge in [-0.15, -0.1) is 0 Å². The molecule has 5 nitrogen and oxygen atoms in total. The average molecular weight is 351 g/mol. The van der Waals surface area contributed by atoms with E-state index in [1.807, 2.05) is 30.3 Å². The Balaban J connectivity index is 1.48. The number of likely N-dealkylation sites (tertiary alicyclic amines) is 1. The minimum Gasteiger partial charge on any atom is -0.352 e. The molecule has 0 aliphatic carbocycles. The van der Waals surface area contributed by atoms with Crippen molar-refractivity contribution < 1.29 is 9.59 Å². The molecular weight excluding hydrogens is 326 g/mol. The van der Waals surface area contributed by atoms with E-state index in [1.54, 1.807) is 0 Å². The van der Waals surface area contributed by atoms with Crippen molar-refractivity contribution in [2.45, 2.75) is 32.5 Å². The summed E-state index contributed by atoms with van der Waals surface area (Å²) in [6.07, 6.45) is 0.971. The van der Waals surface area contributed by atoms with Crippen LogP contribution >= 0.6 is 0 Å². The highest BCUT2D eigenvalue weighted by atomic mass is 16.2. The lowest BCUT2D eigenvalue weighted by molar-refractivity contribution is -0.119. The predicted molar refractivity (Wildman–Crippen MR) is 102 cm³/mol. The molecule has 2 N–H and O–H groups in total. The number of hydrogen-bond acceptors (Lipinski definition) is 3. The second-order valence-electron chi connectivity index (χ2n) is 6.79. The van der Waals surface area contributed by atoms with Crippen LogP contribution in [0.15, 0.2) is 54.6 Å². The standard InChI is InChI=1S/C21H25N3O2/c1-16(25)22-13-17-7-9-19(10-8-17)21(26)23-20-11-12-24(15-20)14-18-5-3-2-4-6-18/h2-10,20H,11-15H2,1H3,(H,22,25)(H,23,26). The molecule has 1 aliphatic heterocycles. The molecule has 3 rings (SSSR count). The lowest BCUT2D eigenvalue weighted by Crippen LogP contribution is -2.37. The topological polar surface area (TPSA) is 61.4 Å². The quantitative estimate of drug-likeness (QED) is 0.840. The molecule has 1 atom stereocenters. The largest absolute Gasteiger partial charge is 0.352 e. The van der Waals surface area contributed by atoms with Crippen molar-refractivity contribution in [3.05, 3.63) is 71.3 Å².